The zero-order valence-electron chi connectivity index (χ0n) is 12.9. The van der Waals surface area contributed by atoms with Crippen molar-refractivity contribution in [3.63, 3.8) is 0 Å². The van der Waals surface area contributed by atoms with Crippen LogP contribution in [0.15, 0.2) is 39.9 Å². The maximum Gasteiger partial charge on any atom is 0.251 e. The fraction of sp³-hybridized carbons (Fsp3) is 0.375. The highest BCUT2D eigenvalue weighted by atomic mass is 32.2. The SMILES string of the molecule is CCSc1cc(C(=O)NCC(C)(O)c2ccc(C)o2)ccn1. The van der Waals surface area contributed by atoms with E-state index < -0.39 is 5.60 Å². The van der Waals surface area contributed by atoms with Gasteiger partial charge in [-0.1, -0.05) is 6.92 Å². The number of carbonyl (C=O) groups excluding carboxylic acids is 1. The van der Waals surface area contributed by atoms with Gasteiger partial charge in [-0.05, 0) is 43.9 Å². The molecule has 0 saturated carbocycles. The van der Waals surface area contributed by atoms with Gasteiger partial charge in [0.25, 0.3) is 5.91 Å². The zero-order valence-corrected chi connectivity index (χ0v) is 13.7. The molecule has 0 aliphatic carbocycles. The van der Waals surface area contributed by atoms with Crippen LogP contribution in [0.3, 0.4) is 0 Å². The van der Waals surface area contributed by atoms with Crippen LogP contribution in [0.25, 0.3) is 0 Å². The van der Waals surface area contributed by atoms with E-state index in [-0.39, 0.29) is 12.5 Å². The topological polar surface area (TPSA) is 75.4 Å². The highest BCUT2D eigenvalue weighted by molar-refractivity contribution is 7.99. The Kier molecular flexibility index (Phi) is 5.26. The molecule has 1 atom stereocenters. The van der Waals surface area contributed by atoms with Crippen molar-refractivity contribution < 1.29 is 14.3 Å². The molecule has 1 amide bonds. The predicted octanol–water partition coefficient (Wildman–Crippen LogP) is 2.73. The maximum atomic E-state index is 12.2. The first-order valence-corrected chi connectivity index (χ1v) is 8.07. The molecule has 2 heterocycles. The van der Waals surface area contributed by atoms with Crippen molar-refractivity contribution in [3.05, 3.63) is 47.5 Å². The number of furan rings is 1. The van der Waals surface area contributed by atoms with Gasteiger partial charge in [0, 0.05) is 11.8 Å². The smallest absolute Gasteiger partial charge is 0.251 e. The Bertz CT molecular complexity index is 652. The molecule has 118 valence electrons. The van der Waals surface area contributed by atoms with Crippen molar-refractivity contribution in [1.82, 2.24) is 10.3 Å². The van der Waals surface area contributed by atoms with E-state index in [1.165, 1.54) is 0 Å². The molecular formula is C16H20N2O3S. The minimum absolute atomic E-state index is 0.0668. The van der Waals surface area contributed by atoms with Gasteiger partial charge in [-0.15, -0.1) is 11.8 Å². The summed E-state index contributed by atoms with van der Waals surface area (Å²) in [5, 5.41) is 13.9. The van der Waals surface area contributed by atoms with Crippen LogP contribution in [0.5, 0.6) is 0 Å². The fourth-order valence-corrected chi connectivity index (χ4v) is 2.58. The number of aryl methyl sites for hydroxylation is 1. The van der Waals surface area contributed by atoms with Crippen LogP contribution >= 0.6 is 11.8 Å². The van der Waals surface area contributed by atoms with Gasteiger partial charge in [0.05, 0.1) is 11.6 Å². The van der Waals surface area contributed by atoms with E-state index in [0.29, 0.717) is 11.3 Å². The van der Waals surface area contributed by atoms with Gasteiger partial charge in [-0.25, -0.2) is 4.98 Å². The van der Waals surface area contributed by atoms with Gasteiger partial charge >= 0.3 is 0 Å². The van der Waals surface area contributed by atoms with Gasteiger partial charge in [-0.3, -0.25) is 4.79 Å². The van der Waals surface area contributed by atoms with Crippen LogP contribution in [0, 0.1) is 6.92 Å². The van der Waals surface area contributed by atoms with Gasteiger partial charge < -0.3 is 14.8 Å². The third-order valence-electron chi connectivity index (χ3n) is 3.15. The second kappa shape index (κ2) is 6.98. The number of nitrogens with one attached hydrogen (secondary N) is 1. The maximum absolute atomic E-state index is 12.2. The highest BCUT2D eigenvalue weighted by Crippen LogP contribution is 2.22. The molecule has 0 saturated heterocycles. The number of aromatic nitrogens is 1. The minimum atomic E-state index is -1.25. The van der Waals surface area contributed by atoms with Crippen molar-refractivity contribution in [2.45, 2.75) is 31.4 Å². The molecule has 0 bridgehead atoms. The summed E-state index contributed by atoms with van der Waals surface area (Å²) < 4.78 is 5.42. The molecule has 22 heavy (non-hydrogen) atoms. The van der Waals surface area contributed by atoms with E-state index in [1.54, 1.807) is 49.1 Å². The summed E-state index contributed by atoms with van der Waals surface area (Å²) in [5.41, 5.74) is -0.727. The summed E-state index contributed by atoms with van der Waals surface area (Å²) in [6.07, 6.45) is 1.61. The molecule has 0 aromatic carbocycles. The standard InChI is InChI=1S/C16H20N2O3S/c1-4-22-14-9-12(7-8-17-14)15(19)18-10-16(3,20)13-6-5-11(2)21-13/h5-9,20H,4,10H2,1-3H3,(H,18,19). The number of hydrogen-bond acceptors (Lipinski definition) is 5. The number of thioether (sulfide) groups is 1. The lowest BCUT2D eigenvalue weighted by Crippen LogP contribution is -2.38. The number of rotatable bonds is 6. The average Bonchev–Trinajstić information content (AvgIpc) is 2.93. The van der Waals surface area contributed by atoms with Gasteiger partial charge in [-0.2, -0.15) is 0 Å². The largest absolute Gasteiger partial charge is 0.463 e. The molecule has 0 spiro atoms. The zero-order chi connectivity index (χ0) is 16.2. The van der Waals surface area contributed by atoms with Gasteiger partial charge in [0.1, 0.15) is 17.1 Å². The average molecular weight is 320 g/mol. The molecule has 2 aromatic heterocycles. The third kappa shape index (κ3) is 4.11. The van der Waals surface area contributed by atoms with Crippen LogP contribution in [0.4, 0.5) is 0 Å². The van der Waals surface area contributed by atoms with Crippen molar-refractivity contribution in [2.24, 2.45) is 0 Å². The number of aliphatic hydroxyl groups is 1. The van der Waals surface area contributed by atoms with Crippen molar-refractivity contribution in [2.75, 3.05) is 12.3 Å². The summed E-state index contributed by atoms with van der Waals surface area (Å²) in [6.45, 7) is 5.51. The monoisotopic (exact) mass is 320 g/mol. The van der Waals surface area contributed by atoms with E-state index in [0.717, 1.165) is 16.5 Å². The lowest BCUT2D eigenvalue weighted by atomic mass is 10.0. The Labute approximate surface area is 134 Å². The van der Waals surface area contributed by atoms with E-state index in [1.807, 2.05) is 13.8 Å². The highest BCUT2D eigenvalue weighted by Gasteiger charge is 2.27. The molecular weight excluding hydrogens is 300 g/mol. The Balaban J connectivity index is 2.01. The van der Waals surface area contributed by atoms with E-state index in [2.05, 4.69) is 10.3 Å². The third-order valence-corrected chi connectivity index (χ3v) is 3.96. The quantitative estimate of drug-likeness (QED) is 0.801. The van der Waals surface area contributed by atoms with Crippen LogP contribution < -0.4 is 5.32 Å². The van der Waals surface area contributed by atoms with Crippen molar-refractivity contribution in [1.29, 1.82) is 0 Å². The Morgan fingerprint density at radius 2 is 2.23 bits per heavy atom. The number of hydrogen-bond donors (Lipinski definition) is 2. The van der Waals surface area contributed by atoms with Gasteiger partial charge in [0.15, 0.2) is 0 Å². The summed E-state index contributed by atoms with van der Waals surface area (Å²) >= 11 is 1.57. The molecule has 5 nitrogen and oxygen atoms in total. The van der Waals surface area contributed by atoms with E-state index >= 15 is 0 Å². The van der Waals surface area contributed by atoms with Crippen molar-refractivity contribution in [3.8, 4) is 0 Å². The Morgan fingerprint density at radius 3 is 2.86 bits per heavy atom. The minimum Gasteiger partial charge on any atom is -0.463 e. The molecule has 1 unspecified atom stereocenters. The molecule has 0 aliphatic rings. The van der Waals surface area contributed by atoms with Crippen LogP contribution in [0.2, 0.25) is 0 Å². The molecule has 2 N–H and O–H groups in total. The normalized spacial score (nSPS) is 13.6. The molecule has 0 radical (unpaired) electrons. The lowest BCUT2D eigenvalue weighted by Gasteiger charge is -2.21. The van der Waals surface area contributed by atoms with Crippen LogP contribution in [0.1, 0.15) is 35.7 Å². The second-order valence-corrected chi connectivity index (χ2v) is 6.47. The molecule has 2 aromatic rings. The van der Waals surface area contributed by atoms with E-state index in [4.69, 9.17) is 4.42 Å². The molecule has 0 fully saturated rings. The fourth-order valence-electron chi connectivity index (χ4n) is 1.94. The number of carbonyl (C=O) groups is 1. The molecule has 2 rings (SSSR count). The lowest BCUT2D eigenvalue weighted by molar-refractivity contribution is 0.0323. The second-order valence-electron chi connectivity index (χ2n) is 5.18. The Morgan fingerprint density at radius 1 is 1.45 bits per heavy atom. The Hall–Kier alpha value is -1.79. The predicted molar refractivity (Wildman–Crippen MR) is 86.0 cm³/mol. The van der Waals surface area contributed by atoms with Crippen LogP contribution in [-0.4, -0.2) is 28.3 Å². The summed E-state index contributed by atoms with van der Waals surface area (Å²) in [4.78, 5) is 16.4. The summed E-state index contributed by atoms with van der Waals surface area (Å²) in [5.74, 6) is 1.80. The summed E-state index contributed by atoms with van der Waals surface area (Å²) in [7, 11) is 0. The summed E-state index contributed by atoms with van der Waals surface area (Å²) in [6, 6.07) is 6.89. The molecule has 6 heteroatoms. The molecule has 0 aliphatic heterocycles. The first-order chi connectivity index (χ1) is 10.4. The first kappa shape index (κ1) is 16.6. The van der Waals surface area contributed by atoms with E-state index in [9.17, 15) is 9.90 Å². The first-order valence-electron chi connectivity index (χ1n) is 7.08. The number of nitrogens with zero attached hydrogens (tertiary/aromatic N) is 1. The number of pyridine rings is 1. The van der Waals surface area contributed by atoms with Crippen LogP contribution in [-0.2, 0) is 5.60 Å². The van der Waals surface area contributed by atoms with Crippen molar-refractivity contribution >= 4 is 17.7 Å². The number of amides is 1. The van der Waals surface area contributed by atoms with Gasteiger partial charge in [0.2, 0.25) is 0 Å².